The first-order valence-electron chi connectivity index (χ1n) is 5.83. The van der Waals surface area contributed by atoms with E-state index in [1.165, 1.54) is 23.1 Å². The molecule has 0 saturated carbocycles. The van der Waals surface area contributed by atoms with Crippen LogP contribution in [0.2, 0.25) is 0 Å². The number of carbonyl (C=O) groups is 1. The SMILES string of the molecule is COc1cccc(Sc2c(C(=O)O)[nH]c3ccsc23)c1. The molecule has 0 amide bonds. The molecule has 6 heteroatoms. The van der Waals surface area contributed by atoms with Gasteiger partial charge in [-0.2, -0.15) is 0 Å². The van der Waals surface area contributed by atoms with Gasteiger partial charge in [0.05, 0.1) is 22.2 Å². The minimum atomic E-state index is -0.946. The second-order valence-corrected chi connectivity index (χ2v) is 6.08. The van der Waals surface area contributed by atoms with E-state index in [0.29, 0.717) is 0 Å². The van der Waals surface area contributed by atoms with Gasteiger partial charge in [0.25, 0.3) is 0 Å². The van der Waals surface area contributed by atoms with Gasteiger partial charge >= 0.3 is 5.97 Å². The fourth-order valence-electron chi connectivity index (χ4n) is 1.92. The van der Waals surface area contributed by atoms with Gasteiger partial charge < -0.3 is 14.8 Å². The number of fused-ring (bicyclic) bond motifs is 1. The van der Waals surface area contributed by atoms with Gasteiger partial charge in [0.15, 0.2) is 0 Å². The first kappa shape index (κ1) is 13.1. The number of benzene rings is 1. The summed E-state index contributed by atoms with van der Waals surface area (Å²) in [5, 5.41) is 11.2. The van der Waals surface area contributed by atoms with E-state index in [9.17, 15) is 9.90 Å². The van der Waals surface area contributed by atoms with Crippen molar-refractivity contribution in [2.45, 2.75) is 9.79 Å². The number of H-pyrrole nitrogens is 1. The van der Waals surface area contributed by atoms with E-state index in [-0.39, 0.29) is 5.69 Å². The van der Waals surface area contributed by atoms with E-state index in [0.717, 1.165) is 25.8 Å². The Hall–Kier alpha value is -1.92. The molecule has 0 aliphatic heterocycles. The Morgan fingerprint density at radius 2 is 2.25 bits per heavy atom. The maximum atomic E-state index is 11.3. The van der Waals surface area contributed by atoms with E-state index in [1.54, 1.807) is 7.11 Å². The highest BCUT2D eigenvalue weighted by Crippen LogP contribution is 2.39. The molecule has 0 saturated heterocycles. The Morgan fingerprint density at radius 3 is 3.00 bits per heavy atom. The average molecular weight is 305 g/mol. The van der Waals surface area contributed by atoms with Gasteiger partial charge in [0, 0.05) is 4.90 Å². The summed E-state index contributed by atoms with van der Waals surface area (Å²) in [5.41, 5.74) is 1.09. The number of thiophene rings is 1. The first-order valence-corrected chi connectivity index (χ1v) is 7.53. The number of methoxy groups -OCH3 is 1. The Morgan fingerprint density at radius 1 is 1.40 bits per heavy atom. The minimum Gasteiger partial charge on any atom is -0.497 e. The van der Waals surface area contributed by atoms with Crippen molar-refractivity contribution >= 4 is 39.3 Å². The van der Waals surface area contributed by atoms with Gasteiger partial charge in [-0.05, 0) is 29.6 Å². The van der Waals surface area contributed by atoms with Crippen molar-refractivity contribution in [3.63, 3.8) is 0 Å². The quantitative estimate of drug-likeness (QED) is 0.762. The molecular weight excluding hydrogens is 294 g/mol. The molecule has 102 valence electrons. The molecule has 4 nitrogen and oxygen atoms in total. The smallest absolute Gasteiger partial charge is 0.353 e. The molecule has 0 unspecified atom stereocenters. The summed E-state index contributed by atoms with van der Waals surface area (Å²) < 4.78 is 6.16. The lowest BCUT2D eigenvalue weighted by atomic mass is 10.3. The molecule has 1 aromatic carbocycles. The fraction of sp³-hybridized carbons (Fsp3) is 0.0714. The highest BCUT2D eigenvalue weighted by molar-refractivity contribution is 7.99. The number of ether oxygens (including phenoxy) is 1. The third kappa shape index (κ3) is 2.28. The number of carboxylic acids is 1. The monoisotopic (exact) mass is 305 g/mol. The van der Waals surface area contributed by atoms with Crippen molar-refractivity contribution in [3.05, 3.63) is 41.4 Å². The third-order valence-electron chi connectivity index (χ3n) is 2.83. The summed E-state index contributed by atoms with van der Waals surface area (Å²) in [6.07, 6.45) is 0. The number of hydrogen-bond donors (Lipinski definition) is 2. The predicted molar refractivity (Wildman–Crippen MR) is 80.3 cm³/mol. The maximum Gasteiger partial charge on any atom is 0.353 e. The molecule has 0 radical (unpaired) electrons. The summed E-state index contributed by atoms with van der Waals surface area (Å²) in [5.74, 6) is -0.191. The molecule has 3 rings (SSSR count). The summed E-state index contributed by atoms with van der Waals surface area (Å²) >= 11 is 2.97. The molecule has 0 bridgehead atoms. The van der Waals surface area contributed by atoms with Crippen molar-refractivity contribution in [2.24, 2.45) is 0 Å². The Kier molecular flexibility index (Phi) is 3.42. The van der Waals surface area contributed by atoms with Gasteiger partial charge in [-0.3, -0.25) is 0 Å². The zero-order valence-corrected chi connectivity index (χ0v) is 12.2. The minimum absolute atomic E-state index is 0.236. The number of hydrogen-bond acceptors (Lipinski definition) is 4. The lowest BCUT2D eigenvalue weighted by Crippen LogP contribution is -1.98. The maximum absolute atomic E-state index is 11.3. The molecule has 0 aliphatic rings. The van der Waals surface area contributed by atoms with E-state index >= 15 is 0 Å². The second-order valence-electron chi connectivity index (χ2n) is 4.08. The highest BCUT2D eigenvalue weighted by atomic mass is 32.2. The molecule has 3 aromatic rings. The molecule has 20 heavy (non-hydrogen) atoms. The topological polar surface area (TPSA) is 62.3 Å². The second kappa shape index (κ2) is 5.22. The molecule has 0 aliphatic carbocycles. The molecule has 0 spiro atoms. The number of nitrogens with one attached hydrogen (secondary N) is 1. The van der Waals surface area contributed by atoms with Crippen molar-refractivity contribution in [2.75, 3.05) is 7.11 Å². The summed E-state index contributed by atoms with van der Waals surface area (Å²) in [7, 11) is 1.61. The summed E-state index contributed by atoms with van der Waals surface area (Å²) in [4.78, 5) is 16.0. The highest BCUT2D eigenvalue weighted by Gasteiger charge is 2.19. The van der Waals surface area contributed by atoms with Crippen LogP contribution < -0.4 is 4.74 Å². The first-order chi connectivity index (χ1) is 9.69. The third-order valence-corrected chi connectivity index (χ3v) is 5.00. The van der Waals surface area contributed by atoms with Crippen LogP contribution in [0.25, 0.3) is 10.2 Å². The van der Waals surface area contributed by atoms with Crippen LogP contribution in [0, 0.1) is 0 Å². The summed E-state index contributed by atoms with van der Waals surface area (Å²) in [6, 6.07) is 9.47. The number of rotatable bonds is 4. The lowest BCUT2D eigenvalue weighted by Gasteiger charge is -2.04. The molecule has 0 fully saturated rings. The van der Waals surface area contributed by atoms with Crippen LogP contribution in [0.4, 0.5) is 0 Å². The van der Waals surface area contributed by atoms with Gasteiger partial charge in [0.2, 0.25) is 0 Å². The van der Waals surface area contributed by atoms with Crippen LogP contribution >= 0.6 is 23.1 Å². The normalized spacial score (nSPS) is 10.8. The van der Waals surface area contributed by atoms with Crippen LogP contribution in [0.5, 0.6) is 5.75 Å². The molecule has 2 N–H and O–H groups in total. The average Bonchev–Trinajstić information content (AvgIpc) is 3.01. The van der Waals surface area contributed by atoms with Crippen molar-refractivity contribution in [1.29, 1.82) is 0 Å². The van der Waals surface area contributed by atoms with Crippen LogP contribution in [-0.4, -0.2) is 23.2 Å². The van der Waals surface area contributed by atoms with Gasteiger partial charge in [-0.15, -0.1) is 11.3 Å². The standard InChI is InChI=1S/C14H11NO3S2/c1-18-8-3-2-4-9(7-8)20-13-11(14(16)17)15-10-5-6-19-12(10)13/h2-7,15H,1H3,(H,16,17). The Bertz CT molecular complexity index is 776. The lowest BCUT2D eigenvalue weighted by molar-refractivity contribution is 0.0688. The molecular formula is C14H11NO3S2. The van der Waals surface area contributed by atoms with Crippen molar-refractivity contribution in [3.8, 4) is 5.75 Å². The van der Waals surface area contributed by atoms with Crippen LogP contribution in [-0.2, 0) is 0 Å². The zero-order valence-electron chi connectivity index (χ0n) is 10.5. The number of aromatic carboxylic acids is 1. The van der Waals surface area contributed by atoms with Crippen molar-refractivity contribution in [1.82, 2.24) is 4.98 Å². The number of aromatic amines is 1. The largest absolute Gasteiger partial charge is 0.497 e. The van der Waals surface area contributed by atoms with Crippen LogP contribution in [0.15, 0.2) is 45.5 Å². The molecule has 0 atom stereocenters. The Balaban J connectivity index is 2.06. The molecule has 2 heterocycles. The number of carboxylic acid groups (broad SMARTS) is 1. The van der Waals surface area contributed by atoms with Gasteiger partial charge in [-0.1, -0.05) is 17.8 Å². The molecule has 2 aromatic heterocycles. The van der Waals surface area contributed by atoms with E-state index in [4.69, 9.17) is 4.74 Å². The predicted octanol–water partition coefficient (Wildman–Crippen LogP) is 4.09. The number of aromatic nitrogens is 1. The Labute approximate surface area is 123 Å². The summed E-state index contributed by atoms with van der Waals surface area (Å²) in [6.45, 7) is 0. The zero-order chi connectivity index (χ0) is 14.1. The van der Waals surface area contributed by atoms with Crippen molar-refractivity contribution < 1.29 is 14.6 Å². The van der Waals surface area contributed by atoms with E-state index in [1.807, 2.05) is 35.7 Å². The van der Waals surface area contributed by atoms with Crippen LogP contribution in [0.3, 0.4) is 0 Å². The van der Waals surface area contributed by atoms with Gasteiger partial charge in [-0.25, -0.2) is 4.79 Å². The van der Waals surface area contributed by atoms with Crippen LogP contribution in [0.1, 0.15) is 10.5 Å². The fourth-order valence-corrected chi connectivity index (χ4v) is 3.98. The van der Waals surface area contributed by atoms with E-state index in [2.05, 4.69) is 4.98 Å². The van der Waals surface area contributed by atoms with Gasteiger partial charge in [0.1, 0.15) is 11.4 Å². The van der Waals surface area contributed by atoms with E-state index < -0.39 is 5.97 Å².